The Hall–Kier alpha value is -0.670. The van der Waals surface area contributed by atoms with Crippen LogP contribution < -0.4 is 10.1 Å². The molecule has 1 unspecified atom stereocenters. The Morgan fingerprint density at radius 3 is 2.94 bits per heavy atom. The highest BCUT2D eigenvalue weighted by atomic mass is 32.2. The predicted octanol–water partition coefficient (Wildman–Crippen LogP) is 3.39. The second kappa shape index (κ2) is 5.14. The third-order valence-electron chi connectivity index (χ3n) is 4.33. The van der Waals surface area contributed by atoms with Crippen molar-refractivity contribution in [3.8, 4) is 5.75 Å². The molecule has 1 aromatic rings. The quantitative estimate of drug-likeness (QED) is 0.900. The lowest BCUT2D eigenvalue weighted by Gasteiger charge is -2.42. The number of para-hydroxylation sites is 1. The zero-order valence-electron chi connectivity index (χ0n) is 10.9. The summed E-state index contributed by atoms with van der Waals surface area (Å²) in [5, 5.41) is 3.77. The second-order valence-corrected chi connectivity index (χ2v) is 6.62. The fourth-order valence-corrected chi connectivity index (χ4v) is 3.81. The van der Waals surface area contributed by atoms with Gasteiger partial charge in [0.25, 0.3) is 0 Å². The molecule has 3 heteroatoms. The van der Waals surface area contributed by atoms with Gasteiger partial charge in [0.15, 0.2) is 0 Å². The number of hydrogen-bond donors (Lipinski definition) is 1. The van der Waals surface area contributed by atoms with E-state index in [1.807, 2.05) is 11.8 Å². The van der Waals surface area contributed by atoms with E-state index in [2.05, 4.69) is 35.8 Å². The monoisotopic (exact) mass is 263 g/mol. The highest BCUT2D eigenvalue weighted by Crippen LogP contribution is 2.43. The molecule has 1 aliphatic heterocycles. The van der Waals surface area contributed by atoms with E-state index in [9.17, 15) is 0 Å². The molecule has 0 aromatic heterocycles. The number of nitrogens with one attached hydrogen (secondary N) is 1. The van der Waals surface area contributed by atoms with Crippen molar-refractivity contribution in [2.75, 3.05) is 19.4 Å². The second-order valence-electron chi connectivity index (χ2n) is 5.35. The molecule has 2 nitrogen and oxygen atoms in total. The van der Waals surface area contributed by atoms with Gasteiger partial charge in [0.1, 0.15) is 5.75 Å². The maximum atomic E-state index is 5.71. The van der Waals surface area contributed by atoms with Crippen molar-refractivity contribution in [1.29, 1.82) is 0 Å². The lowest BCUT2D eigenvalue weighted by molar-refractivity contribution is 0.242. The Morgan fingerprint density at radius 1 is 1.39 bits per heavy atom. The molecule has 0 spiro atoms. The van der Waals surface area contributed by atoms with Crippen molar-refractivity contribution in [3.63, 3.8) is 0 Å². The van der Waals surface area contributed by atoms with Gasteiger partial charge in [0.05, 0.1) is 6.61 Å². The van der Waals surface area contributed by atoms with Gasteiger partial charge >= 0.3 is 0 Å². The summed E-state index contributed by atoms with van der Waals surface area (Å²) in [6.07, 6.45) is 7.46. The molecule has 1 heterocycles. The standard InChI is InChI=1S/C15H21NOS/c1-18-15(8-4-9-15)11-16-13-7-10-17-14-6-3-2-5-12(13)14/h2-3,5-6,13,16H,4,7-11H2,1H3. The number of benzene rings is 1. The van der Waals surface area contributed by atoms with Crippen molar-refractivity contribution >= 4 is 11.8 Å². The van der Waals surface area contributed by atoms with Gasteiger partial charge < -0.3 is 10.1 Å². The molecule has 3 rings (SSSR count). The van der Waals surface area contributed by atoms with Gasteiger partial charge in [-0.1, -0.05) is 24.6 Å². The molecule has 0 amide bonds. The zero-order valence-corrected chi connectivity index (χ0v) is 11.8. The lowest BCUT2D eigenvalue weighted by Crippen LogP contribution is -2.45. The van der Waals surface area contributed by atoms with E-state index in [1.165, 1.54) is 24.8 Å². The Balaban J connectivity index is 1.67. The van der Waals surface area contributed by atoms with Crippen molar-refractivity contribution in [3.05, 3.63) is 29.8 Å². The van der Waals surface area contributed by atoms with Crippen LogP contribution in [0.5, 0.6) is 5.75 Å². The summed E-state index contributed by atoms with van der Waals surface area (Å²) in [6, 6.07) is 8.90. The smallest absolute Gasteiger partial charge is 0.124 e. The molecule has 0 radical (unpaired) electrons. The lowest BCUT2D eigenvalue weighted by atomic mass is 9.83. The van der Waals surface area contributed by atoms with Crippen LogP contribution in [-0.4, -0.2) is 24.2 Å². The topological polar surface area (TPSA) is 21.3 Å². The summed E-state index contributed by atoms with van der Waals surface area (Å²) >= 11 is 2.04. The Labute approximate surface area is 113 Å². The molecular formula is C15H21NOS. The van der Waals surface area contributed by atoms with E-state index in [4.69, 9.17) is 4.74 Å². The van der Waals surface area contributed by atoms with Crippen LogP contribution in [0.15, 0.2) is 24.3 Å². The van der Waals surface area contributed by atoms with Crippen LogP contribution in [-0.2, 0) is 0 Å². The van der Waals surface area contributed by atoms with Gasteiger partial charge in [-0.25, -0.2) is 0 Å². The predicted molar refractivity (Wildman–Crippen MR) is 77.4 cm³/mol. The first-order valence-corrected chi connectivity index (χ1v) is 8.06. The normalized spacial score (nSPS) is 24.8. The van der Waals surface area contributed by atoms with Crippen LogP contribution in [0.4, 0.5) is 0 Å². The number of hydrogen-bond acceptors (Lipinski definition) is 3. The molecule has 98 valence electrons. The minimum atomic E-state index is 0.472. The van der Waals surface area contributed by atoms with E-state index in [0.29, 0.717) is 10.8 Å². The minimum Gasteiger partial charge on any atom is -0.493 e. The van der Waals surface area contributed by atoms with Crippen LogP contribution in [0.3, 0.4) is 0 Å². The largest absolute Gasteiger partial charge is 0.493 e. The fraction of sp³-hybridized carbons (Fsp3) is 0.600. The molecule has 1 atom stereocenters. The molecule has 1 fully saturated rings. The van der Waals surface area contributed by atoms with Gasteiger partial charge in [-0.05, 0) is 25.2 Å². The first-order valence-electron chi connectivity index (χ1n) is 6.83. The number of thioether (sulfide) groups is 1. The molecule has 0 bridgehead atoms. The highest BCUT2D eigenvalue weighted by Gasteiger charge is 2.36. The summed E-state index contributed by atoms with van der Waals surface area (Å²) < 4.78 is 6.21. The molecule has 18 heavy (non-hydrogen) atoms. The molecule has 1 saturated carbocycles. The summed E-state index contributed by atoms with van der Waals surface area (Å²) in [4.78, 5) is 0. The van der Waals surface area contributed by atoms with E-state index in [-0.39, 0.29) is 0 Å². The van der Waals surface area contributed by atoms with Crippen LogP contribution >= 0.6 is 11.8 Å². The molecule has 1 N–H and O–H groups in total. The Bertz CT molecular complexity index is 411. The first kappa shape index (κ1) is 12.4. The summed E-state index contributed by atoms with van der Waals surface area (Å²) in [6.45, 7) is 1.97. The van der Waals surface area contributed by atoms with Crippen LogP contribution in [0.25, 0.3) is 0 Å². The van der Waals surface area contributed by atoms with Gasteiger partial charge in [0, 0.05) is 29.3 Å². The number of rotatable bonds is 4. The zero-order chi connectivity index (χ0) is 12.4. The van der Waals surface area contributed by atoms with E-state index >= 15 is 0 Å². The van der Waals surface area contributed by atoms with Gasteiger partial charge in [-0.3, -0.25) is 0 Å². The third-order valence-corrected chi connectivity index (χ3v) is 5.75. The van der Waals surface area contributed by atoms with Crippen molar-refractivity contribution in [2.45, 2.75) is 36.5 Å². The van der Waals surface area contributed by atoms with Gasteiger partial charge in [-0.2, -0.15) is 11.8 Å². The Kier molecular flexibility index (Phi) is 3.53. The first-order chi connectivity index (χ1) is 8.83. The highest BCUT2D eigenvalue weighted by molar-refractivity contribution is 8.00. The van der Waals surface area contributed by atoms with Crippen LogP contribution in [0, 0.1) is 0 Å². The van der Waals surface area contributed by atoms with Crippen molar-refractivity contribution in [2.24, 2.45) is 0 Å². The fourth-order valence-electron chi connectivity index (χ4n) is 2.89. The Morgan fingerprint density at radius 2 is 2.22 bits per heavy atom. The molecular weight excluding hydrogens is 242 g/mol. The van der Waals surface area contributed by atoms with Gasteiger partial charge in [0.2, 0.25) is 0 Å². The van der Waals surface area contributed by atoms with Gasteiger partial charge in [-0.15, -0.1) is 0 Å². The minimum absolute atomic E-state index is 0.472. The molecule has 1 aromatic carbocycles. The van der Waals surface area contributed by atoms with E-state index in [0.717, 1.165) is 25.3 Å². The summed E-state index contributed by atoms with van der Waals surface area (Å²) in [5.74, 6) is 1.06. The summed E-state index contributed by atoms with van der Waals surface area (Å²) in [5.41, 5.74) is 1.33. The van der Waals surface area contributed by atoms with Crippen molar-refractivity contribution < 1.29 is 4.74 Å². The number of ether oxygens (including phenoxy) is 1. The molecule has 1 aliphatic carbocycles. The average Bonchev–Trinajstić information content (AvgIpc) is 2.38. The summed E-state index contributed by atoms with van der Waals surface area (Å²) in [7, 11) is 0. The average molecular weight is 263 g/mol. The van der Waals surface area contributed by atoms with Crippen LogP contribution in [0.1, 0.15) is 37.3 Å². The third kappa shape index (κ3) is 2.26. The van der Waals surface area contributed by atoms with Crippen molar-refractivity contribution in [1.82, 2.24) is 5.32 Å². The van der Waals surface area contributed by atoms with E-state index < -0.39 is 0 Å². The maximum absolute atomic E-state index is 5.71. The molecule has 0 saturated heterocycles. The number of fused-ring (bicyclic) bond motifs is 1. The van der Waals surface area contributed by atoms with Crippen LogP contribution in [0.2, 0.25) is 0 Å². The van der Waals surface area contributed by atoms with E-state index in [1.54, 1.807) is 0 Å². The molecule has 2 aliphatic rings. The SMILES string of the molecule is CSC1(CNC2CCOc3ccccc32)CCC1. The maximum Gasteiger partial charge on any atom is 0.124 e.